The number of hydrogen-bond acceptors (Lipinski definition) is 5. The summed E-state index contributed by atoms with van der Waals surface area (Å²) in [4.78, 5) is 23.1. The van der Waals surface area contributed by atoms with Crippen LogP contribution in [0.15, 0.2) is 42.6 Å². The molecule has 0 radical (unpaired) electrons. The minimum atomic E-state index is -1.04. The molecule has 164 valence electrons. The number of fused-ring (bicyclic) bond motifs is 1. The van der Waals surface area contributed by atoms with E-state index < -0.39 is 17.9 Å². The van der Waals surface area contributed by atoms with Gasteiger partial charge in [0.1, 0.15) is 23.5 Å². The van der Waals surface area contributed by atoms with Gasteiger partial charge in [0.2, 0.25) is 5.88 Å². The van der Waals surface area contributed by atoms with Gasteiger partial charge in [0, 0.05) is 10.6 Å². The van der Waals surface area contributed by atoms with Crippen LogP contribution in [-0.2, 0) is 0 Å². The van der Waals surface area contributed by atoms with Crippen LogP contribution >= 0.6 is 23.2 Å². The number of pyridine rings is 1. The number of aromatic carboxylic acids is 1. The Bertz CT molecular complexity index is 1340. The summed E-state index contributed by atoms with van der Waals surface area (Å²) < 4.78 is 25.2. The maximum absolute atomic E-state index is 13.9. The lowest BCUT2D eigenvalue weighted by molar-refractivity contribution is 0.0697. The van der Waals surface area contributed by atoms with Gasteiger partial charge in [-0.05, 0) is 43.3 Å². The number of carboxylic acids is 1. The molecule has 0 saturated carbocycles. The lowest BCUT2D eigenvalue weighted by Crippen LogP contribution is -2.06. The van der Waals surface area contributed by atoms with Crippen LogP contribution in [0, 0.1) is 5.82 Å². The number of aromatic nitrogens is 3. The number of carbonyl (C=O) groups is 1. The number of nitrogens with one attached hydrogen (secondary N) is 1. The van der Waals surface area contributed by atoms with Crippen LogP contribution in [-0.4, -0.2) is 33.1 Å². The van der Waals surface area contributed by atoms with Crippen LogP contribution in [0.3, 0.4) is 0 Å². The Labute approximate surface area is 191 Å². The predicted octanol–water partition coefficient (Wildman–Crippen LogP) is 5.92. The van der Waals surface area contributed by atoms with Crippen molar-refractivity contribution in [2.24, 2.45) is 0 Å². The standard InChI is InChI=1S/C22H16Cl2FN3O4/c1-10(18-14(23)4-5-15(25)19(18)24)32-12-8-13(21(31-2)26-9-12)20-27-16-6-3-11(22(29)30)7-17(16)28-20/h3-10H,1-2H3,(H,27,28)(H,29,30)/t10-/m1/s1. The Morgan fingerprint density at radius 2 is 2.00 bits per heavy atom. The fourth-order valence-electron chi connectivity index (χ4n) is 3.28. The van der Waals surface area contributed by atoms with Gasteiger partial charge in [0.25, 0.3) is 0 Å². The lowest BCUT2D eigenvalue weighted by atomic mass is 10.1. The van der Waals surface area contributed by atoms with Crippen molar-refractivity contribution < 1.29 is 23.8 Å². The number of benzene rings is 2. The van der Waals surface area contributed by atoms with Gasteiger partial charge in [-0.2, -0.15) is 0 Å². The highest BCUT2D eigenvalue weighted by Crippen LogP contribution is 2.37. The zero-order chi connectivity index (χ0) is 23.0. The third kappa shape index (κ3) is 4.06. The zero-order valence-electron chi connectivity index (χ0n) is 16.8. The molecule has 0 spiro atoms. The number of nitrogens with zero attached hydrogens (tertiary/aromatic N) is 2. The summed E-state index contributed by atoms with van der Waals surface area (Å²) in [6.45, 7) is 1.69. The fourth-order valence-corrected chi connectivity index (χ4v) is 3.96. The van der Waals surface area contributed by atoms with Gasteiger partial charge in [-0.25, -0.2) is 19.2 Å². The quantitative estimate of drug-likeness (QED) is 0.336. The van der Waals surface area contributed by atoms with Gasteiger partial charge in [-0.15, -0.1) is 0 Å². The molecule has 0 amide bonds. The van der Waals surface area contributed by atoms with Crippen LogP contribution in [0.1, 0.15) is 28.9 Å². The fraction of sp³-hybridized carbons (Fsp3) is 0.136. The highest BCUT2D eigenvalue weighted by atomic mass is 35.5. The number of rotatable bonds is 6. The Balaban J connectivity index is 1.72. The summed E-state index contributed by atoms with van der Waals surface area (Å²) in [7, 11) is 1.46. The Kier molecular flexibility index (Phi) is 5.90. The molecule has 0 aliphatic carbocycles. The summed E-state index contributed by atoms with van der Waals surface area (Å²) in [5.74, 6) is -0.605. The lowest BCUT2D eigenvalue weighted by Gasteiger charge is -2.18. The topological polar surface area (TPSA) is 97.3 Å². The Morgan fingerprint density at radius 1 is 1.22 bits per heavy atom. The van der Waals surface area contributed by atoms with Crippen LogP contribution in [0.4, 0.5) is 4.39 Å². The molecule has 32 heavy (non-hydrogen) atoms. The molecule has 7 nitrogen and oxygen atoms in total. The SMILES string of the molecule is COc1ncc(O[C@H](C)c2c(Cl)ccc(F)c2Cl)cc1-c1nc2ccc(C(=O)O)cc2[nH]1. The maximum atomic E-state index is 13.9. The minimum absolute atomic E-state index is 0.113. The smallest absolute Gasteiger partial charge is 0.335 e. The minimum Gasteiger partial charge on any atom is -0.484 e. The molecule has 0 aliphatic rings. The van der Waals surface area contributed by atoms with Gasteiger partial charge in [-0.3, -0.25) is 0 Å². The molecule has 4 aromatic rings. The Hall–Kier alpha value is -3.36. The largest absolute Gasteiger partial charge is 0.484 e. The number of H-pyrrole nitrogens is 1. The highest BCUT2D eigenvalue weighted by molar-refractivity contribution is 6.36. The third-order valence-electron chi connectivity index (χ3n) is 4.80. The van der Waals surface area contributed by atoms with E-state index in [1.165, 1.54) is 37.6 Å². The van der Waals surface area contributed by atoms with E-state index in [9.17, 15) is 14.3 Å². The van der Waals surface area contributed by atoms with E-state index in [4.69, 9.17) is 32.7 Å². The molecule has 2 aromatic carbocycles. The average molecular weight is 476 g/mol. The van der Waals surface area contributed by atoms with Gasteiger partial charge >= 0.3 is 5.97 Å². The molecule has 0 unspecified atom stereocenters. The van der Waals surface area contributed by atoms with E-state index in [-0.39, 0.29) is 21.5 Å². The molecule has 2 N–H and O–H groups in total. The van der Waals surface area contributed by atoms with Crippen molar-refractivity contribution in [1.29, 1.82) is 0 Å². The van der Waals surface area contributed by atoms with E-state index in [1.807, 2.05) is 0 Å². The van der Waals surface area contributed by atoms with Crippen molar-refractivity contribution in [3.8, 4) is 23.0 Å². The normalized spacial score (nSPS) is 12.0. The van der Waals surface area contributed by atoms with Crippen molar-refractivity contribution in [2.45, 2.75) is 13.0 Å². The molecule has 1 atom stereocenters. The number of methoxy groups -OCH3 is 1. The first kappa shape index (κ1) is 21.9. The first-order valence-electron chi connectivity index (χ1n) is 9.36. The van der Waals surface area contributed by atoms with Crippen molar-refractivity contribution in [1.82, 2.24) is 15.0 Å². The Morgan fingerprint density at radius 3 is 2.72 bits per heavy atom. The van der Waals surface area contributed by atoms with Crippen molar-refractivity contribution in [3.63, 3.8) is 0 Å². The molecule has 2 heterocycles. The van der Waals surface area contributed by atoms with Crippen LogP contribution in [0.2, 0.25) is 10.0 Å². The van der Waals surface area contributed by atoms with Crippen LogP contribution < -0.4 is 9.47 Å². The molecule has 2 aromatic heterocycles. The number of imidazole rings is 1. The molecule has 10 heteroatoms. The van der Waals surface area contributed by atoms with Gasteiger partial charge < -0.3 is 19.6 Å². The third-order valence-corrected chi connectivity index (χ3v) is 5.52. The molecular weight excluding hydrogens is 460 g/mol. The number of ether oxygens (including phenoxy) is 2. The number of aromatic amines is 1. The second-order valence-corrected chi connectivity index (χ2v) is 7.65. The van der Waals surface area contributed by atoms with Crippen LogP contribution in [0.25, 0.3) is 22.4 Å². The van der Waals surface area contributed by atoms with E-state index in [0.29, 0.717) is 33.7 Å². The van der Waals surface area contributed by atoms with Crippen molar-refractivity contribution >= 4 is 40.2 Å². The van der Waals surface area contributed by atoms with Gasteiger partial charge in [0.15, 0.2) is 0 Å². The van der Waals surface area contributed by atoms with E-state index >= 15 is 0 Å². The van der Waals surface area contributed by atoms with E-state index in [0.717, 1.165) is 0 Å². The monoisotopic (exact) mass is 475 g/mol. The number of hydrogen-bond donors (Lipinski definition) is 2. The summed E-state index contributed by atoms with van der Waals surface area (Å²) in [6, 6.07) is 8.82. The summed E-state index contributed by atoms with van der Waals surface area (Å²) in [5.41, 5.74) is 2.05. The maximum Gasteiger partial charge on any atom is 0.335 e. The molecule has 0 fully saturated rings. The molecule has 4 rings (SSSR count). The molecule has 0 bridgehead atoms. The van der Waals surface area contributed by atoms with E-state index in [2.05, 4.69) is 15.0 Å². The molecule has 0 saturated heterocycles. The number of carboxylic acid groups (broad SMARTS) is 1. The first-order chi connectivity index (χ1) is 15.3. The molecule has 0 aliphatic heterocycles. The molecular formula is C22H16Cl2FN3O4. The van der Waals surface area contributed by atoms with Crippen molar-refractivity contribution in [3.05, 3.63) is 69.6 Å². The summed E-state index contributed by atoms with van der Waals surface area (Å²) in [6.07, 6.45) is 0.771. The zero-order valence-corrected chi connectivity index (χ0v) is 18.3. The first-order valence-corrected chi connectivity index (χ1v) is 10.1. The average Bonchev–Trinajstić information content (AvgIpc) is 3.19. The van der Waals surface area contributed by atoms with Gasteiger partial charge in [0.05, 0.1) is 40.5 Å². The summed E-state index contributed by atoms with van der Waals surface area (Å²) >= 11 is 12.3. The second kappa shape index (κ2) is 8.64. The van der Waals surface area contributed by atoms with Gasteiger partial charge in [-0.1, -0.05) is 23.2 Å². The second-order valence-electron chi connectivity index (χ2n) is 6.87. The van der Waals surface area contributed by atoms with Crippen LogP contribution in [0.5, 0.6) is 11.6 Å². The number of halogens is 3. The highest BCUT2D eigenvalue weighted by Gasteiger charge is 2.20. The van der Waals surface area contributed by atoms with E-state index in [1.54, 1.807) is 19.1 Å². The predicted molar refractivity (Wildman–Crippen MR) is 118 cm³/mol. The van der Waals surface area contributed by atoms with Crippen molar-refractivity contribution in [2.75, 3.05) is 7.11 Å². The summed E-state index contributed by atoms with van der Waals surface area (Å²) in [5, 5.41) is 9.36.